The Hall–Kier alpha value is -1.20. The van der Waals surface area contributed by atoms with Crippen molar-refractivity contribution in [3.8, 4) is 0 Å². The van der Waals surface area contributed by atoms with Crippen LogP contribution in [0.5, 0.6) is 0 Å². The van der Waals surface area contributed by atoms with Crippen molar-refractivity contribution in [2.24, 2.45) is 5.73 Å². The summed E-state index contributed by atoms with van der Waals surface area (Å²) in [4.78, 5) is 4.29. The van der Waals surface area contributed by atoms with Gasteiger partial charge in [0.05, 0.1) is 0 Å². The van der Waals surface area contributed by atoms with Gasteiger partial charge >= 0.3 is 0 Å². The fourth-order valence-electron chi connectivity index (χ4n) is 3.43. The van der Waals surface area contributed by atoms with Gasteiger partial charge in [0.25, 0.3) is 0 Å². The van der Waals surface area contributed by atoms with Gasteiger partial charge in [-0.2, -0.15) is 0 Å². The fraction of sp³-hybridized carbons (Fsp3) is 0.600. The topological polar surface area (TPSA) is 32.5 Å². The van der Waals surface area contributed by atoms with Crippen LogP contribution in [0.2, 0.25) is 0 Å². The first-order chi connectivity index (χ1) is 9.69. The highest BCUT2D eigenvalue weighted by Gasteiger charge is 2.32. The molecule has 20 heavy (non-hydrogen) atoms. The third-order valence-electron chi connectivity index (χ3n) is 4.41. The fourth-order valence-corrected chi connectivity index (χ4v) is 3.43. The van der Waals surface area contributed by atoms with Crippen molar-refractivity contribution in [2.75, 3.05) is 37.6 Å². The van der Waals surface area contributed by atoms with E-state index in [0.29, 0.717) is 31.1 Å². The summed E-state index contributed by atoms with van der Waals surface area (Å²) in [6.07, 6.45) is 2.83. The lowest BCUT2D eigenvalue weighted by molar-refractivity contribution is 0.229. The first-order valence-electron chi connectivity index (χ1n) is 7.36. The molecule has 1 aromatic rings. The van der Waals surface area contributed by atoms with Gasteiger partial charge in [-0.05, 0) is 50.0 Å². The molecule has 0 saturated carbocycles. The van der Waals surface area contributed by atoms with Crippen LogP contribution in [0.25, 0.3) is 0 Å². The van der Waals surface area contributed by atoms with Gasteiger partial charge in [-0.15, -0.1) is 0 Å². The van der Waals surface area contributed by atoms with Gasteiger partial charge in [-0.3, -0.25) is 4.90 Å². The van der Waals surface area contributed by atoms with E-state index in [-0.39, 0.29) is 5.69 Å². The molecule has 5 heteroatoms. The lowest BCUT2D eigenvalue weighted by Gasteiger charge is -2.39. The Morgan fingerprint density at radius 1 is 1.15 bits per heavy atom. The lowest BCUT2D eigenvalue weighted by Crippen LogP contribution is -2.50. The molecule has 0 amide bonds. The van der Waals surface area contributed by atoms with Gasteiger partial charge in [0.15, 0.2) is 0 Å². The Labute approximate surface area is 118 Å². The number of nitrogens with zero attached hydrogens (tertiary/aromatic N) is 2. The molecule has 0 aliphatic carbocycles. The summed E-state index contributed by atoms with van der Waals surface area (Å²) < 4.78 is 28.5. The van der Waals surface area contributed by atoms with Crippen LogP contribution in [0, 0.1) is 11.6 Å². The molecule has 2 N–H and O–H groups in total. The van der Waals surface area contributed by atoms with Crippen LogP contribution in [0.1, 0.15) is 18.4 Å². The van der Waals surface area contributed by atoms with Crippen molar-refractivity contribution in [3.05, 3.63) is 29.3 Å². The molecule has 1 atom stereocenters. The predicted octanol–water partition coefficient (Wildman–Crippen LogP) is 1.75. The Morgan fingerprint density at radius 3 is 2.60 bits per heavy atom. The summed E-state index contributed by atoms with van der Waals surface area (Å²) in [5, 5.41) is 0. The number of hydrogen-bond acceptors (Lipinski definition) is 3. The first kappa shape index (κ1) is 13.8. The van der Waals surface area contributed by atoms with Crippen molar-refractivity contribution in [2.45, 2.75) is 25.3 Å². The molecule has 3 rings (SSSR count). The second-order valence-corrected chi connectivity index (χ2v) is 5.72. The molecule has 1 unspecified atom stereocenters. The number of anilines is 1. The number of fused-ring (bicyclic) bond motifs is 1. The molecule has 3 nitrogen and oxygen atoms in total. The smallest absolute Gasteiger partial charge is 0.149 e. The molecular weight excluding hydrogens is 260 g/mol. The van der Waals surface area contributed by atoms with Crippen LogP contribution in [0.4, 0.5) is 14.5 Å². The molecule has 0 radical (unpaired) electrons. The number of halogens is 2. The van der Waals surface area contributed by atoms with E-state index < -0.39 is 11.6 Å². The monoisotopic (exact) mass is 281 g/mol. The SMILES string of the molecule is NCCc1cc(F)c(N2CCN3CCCC3C2)c(F)c1. The Kier molecular flexibility index (Phi) is 3.89. The van der Waals surface area contributed by atoms with Gasteiger partial charge in [-0.25, -0.2) is 8.78 Å². The summed E-state index contributed by atoms with van der Waals surface area (Å²) in [5.74, 6) is -0.917. The van der Waals surface area contributed by atoms with E-state index >= 15 is 0 Å². The largest absolute Gasteiger partial charge is 0.364 e. The number of nitrogens with two attached hydrogens (primary N) is 1. The second-order valence-electron chi connectivity index (χ2n) is 5.72. The number of rotatable bonds is 3. The molecule has 0 bridgehead atoms. The van der Waals surface area contributed by atoms with Gasteiger partial charge in [0.2, 0.25) is 0 Å². The van der Waals surface area contributed by atoms with E-state index in [1.165, 1.54) is 18.6 Å². The highest BCUT2D eigenvalue weighted by molar-refractivity contribution is 5.51. The molecular formula is C15H21F2N3. The summed E-state index contributed by atoms with van der Waals surface area (Å²) in [5.41, 5.74) is 6.21. The lowest BCUT2D eigenvalue weighted by atomic mass is 10.1. The minimum atomic E-state index is -0.458. The van der Waals surface area contributed by atoms with E-state index in [0.717, 1.165) is 26.1 Å². The van der Waals surface area contributed by atoms with E-state index in [4.69, 9.17) is 5.73 Å². The number of benzene rings is 1. The van der Waals surface area contributed by atoms with E-state index in [9.17, 15) is 8.78 Å². The van der Waals surface area contributed by atoms with Gasteiger partial charge in [0.1, 0.15) is 17.3 Å². The third kappa shape index (κ3) is 2.52. The average Bonchev–Trinajstić information content (AvgIpc) is 2.85. The molecule has 2 aliphatic heterocycles. The van der Waals surface area contributed by atoms with Crippen molar-refractivity contribution in [1.29, 1.82) is 0 Å². The zero-order chi connectivity index (χ0) is 14.1. The second kappa shape index (κ2) is 5.66. The quantitative estimate of drug-likeness (QED) is 0.916. The van der Waals surface area contributed by atoms with Crippen molar-refractivity contribution in [1.82, 2.24) is 4.90 Å². The molecule has 2 fully saturated rings. The number of piperazine rings is 1. The Morgan fingerprint density at radius 2 is 1.90 bits per heavy atom. The molecule has 0 spiro atoms. The zero-order valence-corrected chi connectivity index (χ0v) is 11.6. The maximum absolute atomic E-state index is 14.2. The normalized spacial score (nSPS) is 23.1. The van der Waals surface area contributed by atoms with Crippen LogP contribution in [0.15, 0.2) is 12.1 Å². The summed E-state index contributed by atoms with van der Waals surface area (Å²) in [7, 11) is 0. The van der Waals surface area contributed by atoms with E-state index in [2.05, 4.69) is 4.90 Å². The molecule has 0 aromatic heterocycles. The van der Waals surface area contributed by atoms with E-state index in [1.54, 1.807) is 0 Å². The number of hydrogen-bond donors (Lipinski definition) is 1. The van der Waals surface area contributed by atoms with Gasteiger partial charge < -0.3 is 10.6 Å². The van der Waals surface area contributed by atoms with Crippen LogP contribution in [-0.2, 0) is 6.42 Å². The van der Waals surface area contributed by atoms with Crippen molar-refractivity contribution in [3.63, 3.8) is 0 Å². The summed E-state index contributed by atoms with van der Waals surface area (Å²) in [6, 6.07) is 3.30. The molecule has 2 aliphatic rings. The highest BCUT2D eigenvalue weighted by Crippen LogP contribution is 2.30. The summed E-state index contributed by atoms with van der Waals surface area (Å²) >= 11 is 0. The zero-order valence-electron chi connectivity index (χ0n) is 11.6. The van der Waals surface area contributed by atoms with Gasteiger partial charge in [-0.1, -0.05) is 0 Å². The highest BCUT2D eigenvalue weighted by atomic mass is 19.1. The molecule has 2 saturated heterocycles. The molecule has 110 valence electrons. The average molecular weight is 281 g/mol. The van der Waals surface area contributed by atoms with Crippen LogP contribution >= 0.6 is 0 Å². The van der Waals surface area contributed by atoms with Crippen LogP contribution in [-0.4, -0.2) is 43.7 Å². The minimum absolute atomic E-state index is 0.136. The van der Waals surface area contributed by atoms with E-state index in [1.807, 2.05) is 4.90 Å². The standard InChI is InChI=1S/C15H21F2N3/c16-13-8-11(3-4-18)9-14(17)15(13)20-7-6-19-5-1-2-12(19)10-20/h8-9,12H,1-7,10,18H2. The van der Waals surface area contributed by atoms with Crippen LogP contribution < -0.4 is 10.6 Å². The maximum atomic E-state index is 14.2. The minimum Gasteiger partial charge on any atom is -0.364 e. The third-order valence-corrected chi connectivity index (χ3v) is 4.41. The molecule has 1 aromatic carbocycles. The predicted molar refractivity (Wildman–Crippen MR) is 75.9 cm³/mol. The van der Waals surface area contributed by atoms with Crippen LogP contribution in [0.3, 0.4) is 0 Å². The van der Waals surface area contributed by atoms with Crippen molar-refractivity contribution >= 4 is 5.69 Å². The maximum Gasteiger partial charge on any atom is 0.149 e. The van der Waals surface area contributed by atoms with Crippen molar-refractivity contribution < 1.29 is 8.78 Å². The Balaban J connectivity index is 1.83. The molecule has 2 heterocycles. The summed E-state index contributed by atoms with van der Waals surface area (Å²) in [6.45, 7) is 3.84. The van der Waals surface area contributed by atoms with Gasteiger partial charge in [0, 0.05) is 25.7 Å². The Bertz CT molecular complexity index is 469. The first-order valence-corrected chi connectivity index (χ1v) is 7.36.